The predicted molar refractivity (Wildman–Crippen MR) is 71.6 cm³/mol. The van der Waals surface area contributed by atoms with E-state index in [2.05, 4.69) is 26.0 Å². The summed E-state index contributed by atoms with van der Waals surface area (Å²) in [6.07, 6.45) is 1.91. The molecule has 0 heterocycles. The zero-order valence-corrected chi connectivity index (χ0v) is 11.1. The zero-order valence-electron chi connectivity index (χ0n) is 10.3. The summed E-state index contributed by atoms with van der Waals surface area (Å²) >= 11 is 0. The molecule has 92 valence electrons. The Morgan fingerprint density at radius 1 is 1.38 bits per heavy atom. The van der Waals surface area contributed by atoms with Crippen molar-refractivity contribution < 1.29 is 4.74 Å². The predicted octanol–water partition coefficient (Wildman–Crippen LogP) is 3.10. The second kappa shape index (κ2) is 7.53. The number of hydrogen-bond acceptors (Lipinski definition) is 2. The van der Waals surface area contributed by atoms with Gasteiger partial charge in [-0.2, -0.15) is 0 Å². The van der Waals surface area contributed by atoms with E-state index in [-0.39, 0.29) is 18.4 Å². The third-order valence-corrected chi connectivity index (χ3v) is 2.22. The maximum atomic E-state index is 5.82. The van der Waals surface area contributed by atoms with Gasteiger partial charge in [-0.3, -0.25) is 0 Å². The lowest BCUT2D eigenvalue weighted by Gasteiger charge is -2.13. The molecule has 1 rings (SSSR count). The van der Waals surface area contributed by atoms with Crippen molar-refractivity contribution >= 4 is 12.4 Å². The highest BCUT2D eigenvalue weighted by molar-refractivity contribution is 5.85. The van der Waals surface area contributed by atoms with Gasteiger partial charge in [0, 0.05) is 6.04 Å². The van der Waals surface area contributed by atoms with Crippen LogP contribution in [0.1, 0.15) is 31.4 Å². The summed E-state index contributed by atoms with van der Waals surface area (Å²) in [7, 11) is 0. The van der Waals surface area contributed by atoms with E-state index in [0.29, 0.717) is 0 Å². The Morgan fingerprint density at radius 2 is 2.06 bits per heavy atom. The Hall–Kier alpha value is -0.730. The summed E-state index contributed by atoms with van der Waals surface area (Å²) in [6.45, 7) is 6.99. The highest BCUT2D eigenvalue weighted by Gasteiger charge is 2.06. The summed E-state index contributed by atoms with van der Waals surface area (Å²) in [5, 5.41) is 0. The number of benzene rings is 1. The van der Waals surface area contributed by atoms with Gasteiger partial charge in [-0.1, -0.05) is 24.6 Å². The first-order chi connectivity index (χ1) is 7.13. The van der Waals surface area contributed by atoms with E-state index in [1.54, 1.807) is 0 Å². The van der Waals surface area contributed by atoms with Gasteiger partial charge < -0.3 is 10.5 Å². The lowest BCUT2D eigenvalue weighted by atomic mass is 10.0. The molecule has 0 saturated carbocycles. The normalized spacial score (nSPS) is 11.8. The van der Waals surface area contributed by atoms with E-state index in [9.17, 15) is 0 Å². The van der Waals surface area contributed by atoms with Crippen molar-refractivity contribution in [2.75, 3.05) is 6.61 Å². The molecule has 0 aromatic heterocycles. The van der Waals surface area contributed by atoms with Gasteiger partial charge in [0.05, 0.1) is 6.61 Å². The number of nitrogens with two attached hydrogens (primary N) is 1. The van der Waals surface area contributed by atoms with E-state index < -0.39 is 0 Å². The average Bonchev–Trinajstić information content (AvgIpc) is 2.16. The van der Waals surface area contributed by atoms with Crippen LogP contribution in [0.4, 0.5) is 0 Å². The van der Waals surface area contributed by atoms with Gasteiger partial charge in [0.15, 0.2) is 0 Å². The van der Waals surface area contributed by atoms with E-state index >= 15 is 0 Å². The van der Waals surface area contributed by atoms with Crippen LogP contribution in [-0.4, -0.2) is 12.6 Å². The van der Waals surface area contributed by atoms with Gasteiger partial charge in [-0.15, -0.1) is 12.4 Å². The molecule has 0 saturated heterocycles. The first-order valence-electron chi connectivity index (χ1n) is 5.61. The number of ether oxygens (including phenoxy) is 1. The number of halogens is 1. The third-order valence-electron chi connectivity index (χ3n) is 2.22. The fourth-order valence-electron chi connectivity index (χ4n) is 1.57. The van der Waals surface area contributed by atoms with Crippen molar-refractivity contribution in [3.8, 4) is 5.75 Å². The van der Waals surface area contributed by atoms with Crippen molar-refractivity contribution in [3.05, 3.63) is 29.3 Å². The molecule has 0 spiro atoms. The minimum atomic E-state index is 0. The summed E-state index contributed by atoms with van der Waals surface area (Å²) < 4.78 is 5.69. The third kappa shape index (κ3) is 4.86. The van der Waals surface area contributed by atoms with Crippen LogP contribution in [0.2, 0.25) is 0 Å². The van der Waals surface area contributed by atoms with Crippen LogP contribution < -0.4 is 10.5 Å². The number of rotatable bonds is 5. The summed E-state index contributed by atoms with van der Waals surface area (Å²) in [6, 6.07) is 6.46. The Kier molecular flexibility index (Phi) is 7.18. The Bertz CT molecular complexity index is 313. The number of hydrogen-bond donors (Lipinski definition) is 1. The molecule has 0 bridgehead atoms. The molecule has 16 heavy (non-hydrogen) atoms. The lowest BCUT2D eigenvalue weighted by molar-refractivity contribution is 0.313. The van der Waals surface area contributed by atoms with Crippen molar-refractivity contribution in [1.29, 1.82) is 0 Å². The molecule has 0 aliphatic carbocycles. The Labute approximate surface area is 105 Å². The van der Waals surface area contributed by atoms with Crippen molar-refractivity contribution in [1.82, 2.24) is 0 Å². The van der Waals surface area contributed by atoms with Gasteiger partial charge >= 0.3 is 0 Å². The molecule has 0 aliphatic heterocycles. The van der Waals surface area contributed by atoms with E-state index in [4.69, 9.17) is 10.5 Å². The SMILES string of the molecule is CCCOc1ccc(C)cc1CC(C)N.Cl. The molecule has 0 aliphatic rings. The second-order valence-corrected chi connectivity index (χ2v) is 4.14. The fraction of sp³-hybridized carbons (Fsp3) is 0.538. The molecule has 0 amide bonds. The second-order valence-electron chi connectivity index (χ2n) is 4.14. The highest BCUT2D eigenvalue weighted by atomic mass is 35.5. The Morgan fingerprint density at radius 3 is 2.62 bits per heavy atom. The minimum Gasteiger partial charge on any atom is -0.493 e. The van der Waals surface area contributed by atoms with Crippen molar-refractivity contribution in [3.63, 3.8) is 0 Å². The van der Waals surface area contributed by atoms with Gasteiger partial charge in [0.25, 0.3) is 0 Å². The smallest absolute Gasteiger partial charge is 0.122 e. The Balaban J connectivity index is 0.00000225. The molecule has 2 nitrogen and oxygen atoms in total. The van der Waals surface area contributed by atoms with Crippen molar-refractivity contribution in [2.45, 2.75) is 39.7 Å². The van der Waals surface area contributed by atoms with Gasteiger partial charge in [-0.25, -0.2) is 0 Å². The van der Waals surface area contributed by atoms with Crippen LogP contribution in [0.15, 0.2) is 18.2 Å². The van der Waals surface area contributed by atoms with Crippen LogP contribution in [0.25, 0.3) is 0 Å². The quantitative estimate of drug-likeness (QED) is 0.863. The van der Waals surface area contributed by atoms with Gasteiger partial charge in [-0.05, 0) is 38.3 Å². The number of aryl methyl sites for hydroxylation is 1. The van der Waals surface area contributed by atoms with Crippen LogP contribution in [-0.2, 0) is 6.42 Å². The molecule has 1 aromatic carbocycles. The largest absolute Gasteiger partial charge is 0.493 e. The molecule has 1 unspecified atom stereocenters. The van der Waals surface area contributed by atoms with Crippen LogP contribution in [0.3, 0.4) is 0 Å². The molecule has 3 heteroatoms. The topological polar surface area (TPSA) is 35.2 Å². The first kappa shape index (κ1) is 15.3. The highest BCUT2D eigenvalue weighted by Crippen LogP contribution is 2.21. The molecule has 0 radical (unpaired) electrons. The average molecular weight is 244 g/mol. The van der Waals surface area contributed by atoms with Gasteiger partial charge in [0.2, 0.25) is 0 Å². The maximum Gasteiger partial charge on any atom is 0.122 e. The molecule has 0 fully saturated rings. The van der Waals surface area contributed by atoms with Crippen LogP contribution >= 0.6 is 12.4 Å². The maximum absolute atomic E-state index is 5.82. The van der Waals surface area contributed by atoms with E-state index in [1.165, 1.54) is 11.1 Å². The molecule has 1 aromatic rings. The monoisotopic (exact) mass is 243 g/mol. The fourth-order valence-corrected chi connectivity index (χ4v) is 1.57. The lowest BCUT2D eigenvalue weighted by Crippen LogP contribution is -2.18. The summed E-state index contributed by atoms with van der Waals surface area (Å²) in [4.78, 5) is 0. The summed E-state index contributed by atoms with van der Waals surface area (Å²) in [5.41, 5.74) is 8.30. The first-order valence-corrected chi connectivity index (χ1v) is 5.61. The molecule has 2 N–H and O–H groups in total. The molecular weight excluding hydrogens is 222 g/mol. The molecular formula is C13H22ClNO. The van der Waals surface area contributed by atoms with E-state index in [1.807, 2.05) is 13.0 Å². The van der Waals surface area contributed by atoms with E-state index in [0.717, 1.165) is 25.2 Å². The van der Waals surface area contributed by atoms with Crippen molar-refractivity contribution in [2.24, 2.45) is 5.73 Å². The zero-order chi connectivity index (χ0) is 11.3. The molecule has 1 atom stereocenters. The van der Waals surface area contributed by atoms with Crippen LogP contribution in [0, 0.1) is 6.92 Å². The minimum absolute atomic E-state index is 0. The van der Waals surface area contributed by atoms with Crippen LogP contribution in [0.5, 0.6) is 5.75 Å². The summed E-state index contributed by atoms with van der Waals surface area (Å²) in [5.74, 6) is 0.986. The standard InChI is InChI=1S/C13H21NO.ClH/c1-4-7-15-13-6-5-10(2)8-12(13)9-11(3)14;/h5-6,8,11H,4,7,9,14H2,1-3H3;1H. The van der Waals surface area contributed by atoms with Gasteiger partial charge in [0.1, 0.15) is 5.75 Å².